The van der Waals surface area contributed by atoms with Gasteiger partial charge in [0.15, 0.2) is 0 Å². The van der Waals surface area contributed by atoms with Crippen LogP contribution in [0.1, 0.15) is 24.6 Å². The van der Waals surface area contributed by atoms with Crippen molar-refractivity contribution in [1.29, 1.82) is 0 Å². The Kier molecular flexibility index (Phi) is 5.16. The van der Waals surface area contributed by atoms with Crippen molar-refractivity contribution >= 4 is 11.6 Å². The molecule has 0 bridgehead atoms. The lowest BCUT2D eigenvalue weighted by Crippen LogP contribution is -2.51. The van der Waals surface area contributed by atoms with Gasteiger partial charge in [0.05, 0.1) is 18.3 Å². The van der Waals surface area contributed by atoms with Gasteiger partial charge in [-0.05, 0) is 43.7 Å². The summed E-state index contributed by atoms with van der Waals surface area (Å²) in [5, 5.41) is 0. The summed E-state index contributed by atoms with van der Waals surface area (Å²) in [4.78, 5) is 19.1. The second kappa shape index (κ2) is 7.72. The summed E-state index contributed by atoms with van der Waals surface area (Å²) in [5.74, 6) is -0.0101. The molecule has 0 saturated carbocycles. The van der Waals surface area contributed by atoms with Crippen LogP contribution in [-0.2, 0) is 11.8 Å². The van der Waals surface area contributed by atoms with Crippen LogP contribution < -0.4 is 4.90 Å². The number of hydrogen-bond acceptors (Lipinski definition) is 3. The highest BCUT2D eigenvalue weighted by Gasteiger charge is 2.31. The lowest BCUT2D eigenvalue weighted by atomic mass is 10.1. The number of halogens is 1. The SMILES string of the molecule is Cn1cccc1[C@H]1CCCN1CC(=O)N1CCN(c2ccccc2F)CC1. The summed E-state index contributed by atoms with van der Waals surface area (Å²) in [6, 6.07) is 11.4. The van der Waals surface area contributed by atoms with Gasteiger partial charge in [-0.25, -0.2) is 4.39 Å². The highest BCUT2D eigenvalue weighted by molar-refractivity contribution is 5.78. The van der Waals surface area contributed by atoms with Crippen molar-refractivity contribution in [3.63, 3.8) is 0 Å². The lowest BCUT2D eigenvalue weighted by molar-refractivity contribution is -0.133. The van der Waals surface area contributed by atoms with Crippen molar-refractivity contribution in [3.8, 4) is 0 Å². The molecule has 0 aliphatic carbocycles. The normalized spacial score (nSPS) is 21.0. The monoisotopic (exact) mass is 370 g/mol. The molecule has 5 nitrogen and oxygen atoms in total. The minimum Gasteiger partial charge on any atom is -0.366 e. The van der Waals surface area contributed by atoms with Crippen LogP contribution in [0, 0.1) is 5.82 Å². The molecule has 1 atom stereocenters. The molecule has 144 valence electrons. The van der Waals surface area contributed by atoms with E-state index in [4.69, 9.17) is 0 Å². The maximum absolute atomic E-state index is 14.0. The molecule has 0 N–H and O–H groups in total. The van der Waals surface area contributed by atoms with Gasteiger partial charge in [0, 0.05) is 45.1 Å². The van der Waals surface area contributed by atoms with E-state index >= 15 is 0 Å². The Balaban J connectivity index is 1.34. The molecule has 0 unspecified atom stereocenters. The summed E-state index contributed by atoms with van der Waals surface area (Å²) in [5.41, 5.74) is 1.91. The number of piperazine rings is 1. The maximum Gasteiger partial charge on any atom is 0.236 e. The van der Waals surface area contributed by atoms with Gasteiger partial charge in [-0.15, -0.1) is 0 Å². The van der Waals surface area contributed by atoms with E-state index in [0.717, 1.165) is 19.4 Å². The molecule has 2 saturated heterocycles. The van der Waals surface area contributed by atoms with Crippen LogP contribution in [0.2, 0.25) is 0 Å². The predicted molar refractivity (Wildman–Crippen MR) is 104 cm³/mol. The van der Waals surface area contributed by atoms with Gasteiger partial charge >= 0.3 is 0 Å². The van der Waals surface area contributed by atoms with Crippen molar-refractivity contribution < 1.29 is 9.18 Å². The van der Waals surface area contributed by atoms with E-state index in [1.54, 1.807) is 6.07 Å². The van der Waals surface area contributed by atoms with Gasteiger partial charge in [-0.3, -0.25) is 9.69 Å². The van der Waals surface area contributed by atoms with Gasteiger partial charge in [0.25, 0.3) is 0 Å². The Bertz CT molecular complexity index is 797. The summed E-state index contributed by atoms with van der Waals surface area (Å²) < 4.78 is 16.1. The zero-order valence-electron chi connectivity index (χ0n) is 15.9. The Hall–Kier alpha value is -2.34. The topological polar surface area (TPSA) is 31.7 Å². The number of anilines is 1. The number of carbonyl (C=O) groups excluding carboxylic acids is 1. The fraction of sp³-hybridized carbons (Fsp3) is 0.476. The van der Waals surface area contributed by atoms with Crippen LogP contribution >= 0.6 is 0 Å². The zero-order chi connectivity index (χ0) is 18.8. The van der Waals surface area contributed by atoms with Crippen molar-refractivity contribution in [1.82, 2.24) is 14.4 Å². The van der Waals surface area contributed by atoms with Gasteiger partial charge in [0.2, 0.25) is 5.91 Å². The molecule has 1 aromatic heterocycles. The van der Waals surface area contributed by atoms with E-state index in [0.29, 0.717) is 44.5 Å². The minimum atomic E-state index is -0.195. The molecule has 27 heavy (non-hydrogen) atoms. The Morgan fingerprint density at radius 1 is 1.07 bits per heavy atom. The van der Waals surface area contributed by atoms with Crippen LogP contribution in [0.4, 0.5) is 10.1 Å². The number of benzene rings is 1. The van der Waals surface area contributed by atoms with Crippen LogP contribution in [0.15, 0.2) is 42.6 Å². The second-order valence-electron chi connectivity index (χ2n) is 7.49. The Morgan fingerprint density at radius 2 is 1.85 bits per heavy atom. The third kappa shape index (κ3) is 3.72. The standard InChI is InChI=1S/C21H27FN4O/c1-23-10-4-8-19(23)20-9-5-11-26(20)16-21(27)25-14-12-24(13-15-25)18-7-3-2-6-17(18)22/h2-4,6-8,10,20H,5,9,11-16H2,1H3/t20-/m1/s1. The Labute approximate surface area is 160 Å². The third-order valence-corrected chi connectivity index (χ3v) is 5.85. The van der Waals surface area contributed by atoms with E-state index in [2.05, 4.69) is 34.8 Å². The number of rotatable bonds is 4. The van der Waals surface area contributed by atoms with Gasteiger partial charge in [-0.1, -0.05) is 12.1 Å². The number of aryl methyl sites for hydroxylation is 1. The van der Waals surface area contributed by atoms with E-state index in [1.165, 1.54) is 11.8 Å². The molecule has 2 aliphatic heterocycles. The summed E-state index contributed by atoms with van der Waals surface area (Å²) in [6.45, 7) is 4.08. The number of likely N-dealkylation sites (tertiary alicyclic amines) is 1. The second-order valence-corrected chi connectivity index (χ2v) is 7.49. The predicted octanol–water partition coefficient (Wildman–Crippen LogP) is 2.65. The molecule has 2 aromatic rings. The lowest BCUT2D eigenvalue weighted by Gasteiger charge is -2.37. The molecule has 1 aromatic carbocycles. The van der Waals surface area contributed by atoms with Gasteiger partial charge < -0.3 is 14.4 Å². The van der Waals surface area contributed by atoms with Crippen LogP contribution in [0.3, 0.4) is 0 Å². The van der Waals surface area contributed by atoms with E-state index < -0.39 is 0 Å². The average Bonchev–Trinajstić information content (AvgIpc) is 3.30. The quantitative estimate of drug-likeness (QED) is 0.829. The van der Waals surface area contributed by atoms with Gasteiger partial charge in [-0.2, -0.15) is 0 Å². The summed E-state index contributed by atoms with van der Waals surface area (Å²) in [7, 11) is 2.07. The molecule has 4 rings (SSSR count). The first-order chi connectivity index (χ1) is 13.1. The first kappa shape index (κ1) is 18.0. The van der Waals surface area contributed by atoms with E-state index in [-0.39, 0.29) is 11.7 Å². The smallest absolute Gasteiger partial charge is 0.236 e. The Morgan fingerprint density at radius 3 is 2.56 bits per heavy atom. The van der Waals surface area contributed by atoms with E-state index in [9.17, 15) is 9.18 Å². The highest BCUT2D eigenvalue weighted by Crippen LogP contribution is 2.31. The molecule has 0 spiro atoms. The molecular weight excluding hydrogens is 343 g/mol. The molecule has 0 radical (unpaired) electrons. The maximum atomic E-state index is 14.0. The van der Waals surface area contributed by atoms with Gasteiger partial charge in [0.1, 0.15) is 5.82 Å². The minimum absolute atomic E-state index is 0.185. The summed E-state index contributed by atoms with van der Waals surface area (Å²) >= 11 is 0. The largest absolute Gasteiger partial charge is 0.366 e. The van der Waals surface area contributed by atoms with Crippen LogP contribution in [-0.4, -0.2) is 59.5 Å². The third-order valence-electron chi connectivity index (χ3n) is 5.85. The molecule has 6 heteroatoms. The molecular formula is C21H27FN4O. The molecule has 2 fully saturated rings. The number of hydrogen-bond donors (Lipinski definition) is 0. The highest BCUT2D eigenvalue weighted by atomic mass is 19.1. The molecule has 3 heterocycles. The van der Waals surface area contributed by atoms with Crippen molar-refractivity contribution in [2.45, 2.75) is 18.9 Å². The fourth-order valence-corrected chi connectivity index (χ4v) is 4.35. The fourth-order valence-electron chi connectivity index (χ4n) is 4.35. The van der Waals surface area contributed by atoms with Crippen LogP contribution in [0.5, 0.6) is 0 Å². The molecule has 1 amide bonds. The average molecular weight is 370 g/mol. The number of amides is 1. The van der Waals surface area contributed by atoms with Crippen LogP contribution in [0.25, 0.3) is 0 Å². The number of carbonyl (C=O) groups is 1. The van der Waals surface area contributed by atoms with Crippen molar-refractivity contribution in [2.24, 2.45) is 7.05 Å². The van der Waals surface area contributed by atoms with Crippen molar-refractivity contribution in [3.05, 3.63) is 54.1 Å². The number of para-hydroxylation sites is 1. The zero-order valence-corrected chi connectivity index (χ0v) is 15.9. The molecule has 2 aliphatic rings. The first-order valence-corrected chi connectivity index (χ1v) is 9.76. The van der Waals surface area contributed by atoms with E-state index in [1.807, 2.05) is 21.9 Å². The summed E-state index contributed by atoms with van der Waals surface area (Å²) in [6.07, 6.45) is 4.30. The number of aromatic nitrogens is 1. The van der Waals surface area contributed by atoms with Crippen molar-refractivity contribution in [2.75, 3.05) is 44.2 Å². The number of nitrogens with zero attached hydrogens (tertiary/aromatic N) is 4. The first-order valence-electron chi connectivity index (χ1n) is 9.76.